The lowest BCUT2D eigenvalue weighted by Crippen LogP contribution is -2.61. The van der Waals surface area contributed by atoms with Crippen LogP contribution in [0.5, 0.6) is 0 Å². The first kappa shape index (κ1) is 123. The number of hydrogen-bond donors (Lipinski definition) is 29. The van der Waals surface area contributed by atoms with E-state index in [4.69, 9.17) is 73.9 Å². The van der Waals surface area contributed by atoms with E-state index in [1.807, 2.05) is 0 Å². The van der Waals surface area contributed by atoms with Crippen LogP contribution >= 0.6 is 0 Å². The Bertz CT molecular complexity index is 4370. The lowest BCUT2D eigenvalue weighted by molar-refractivity contribution is -0.136. The number of amides is 16. The molecule has 0 unspecified atom stereocenters. The molecule has 0 spiro atoms. The van der Waals surface area contributed by atoms with Crippen LogP contribution in [0.3, 0.4) is 0 Å². The van der Waals surface area contributed by atoms with Gasteiger partial charge in [0, 0.05) is 38.8 Å². The van der Waals surface area contributed by atoms with Gasteiger partial charge in [0.25, 0.3) is 0 Å². The summed E-state index contributed by atoms with van der Waals surface area (Å²) in [4.78, 5) is 231. The average molecular weight is 1980 g/mol. The molecule has 3 aromatic rings. The van der Waals surface area contributed by atoms with Gasteiger partial charge in [-0.1, -0.05) is 133 Å². The summed E-state index contributed by atoms with van der Waals surface area (Å²) in [6.07, 6.45) is 2.80. The van der Waals surface area contributed by atoms with E-state index < -0.39 is 197 Å². The van der Waals surface area contributed by atoms with Crippen LogP contribution in [0.25, 0.3) is 0 Å². The van der Waals surface area contributed by atoms with Crippen LogP contribution in [0.4, 0.5) is 0 Å². The number of benzene rings is 3. The molecule has 16 amide bonds. The van der Waals surface area contributed by atoms with Gasteiger partial charge in [0.1, 0.15) is 84.6 Å². The molecular weight excluding hydrogens is 1820 g/mol. The van der Waals surface area contributed by atoms with Crippen LogP contribution in [0.2, 0.25) is 0 Å². The minimum absolute atomic E-state index is 0.00887. The highest BCUT2D eigenvalue weighted by Crippen LogP contribution is 2.18. The number of carbonyl (C=O) groups is 16. The zero-order chi connectivity index (χ0) is 105. The monoisotopic (exact) mass is 1980 g/mol. The predicted molar refractivity (Wildman–Crippen MR) is 538 cm³/mol. The highest BCUT2D eigenvalue weighted by atomic mass is 16.2. The average Bonchev–Trinajstić information content (AvgIpc) is 0.849. The van der Waals surface area contributed by atoms with Gasteiger partial charge in [-0.25, -0.2) is 0 Å². The Kier molecular flexibility index (Phi) is 60.3. The molecule has 0 aromatic heterocycles. The van der Waals surface area contributed by atoms with Crippen molar-refractivity contribution in [2.75, 3.05) is 52.4 Å². The number of guanidine groups is 2. The second-order valence-electron chi connectivity index (χ2n) is 36.6. The molecular formula is C96H163N29O16. The number of nitrogens with two attached hydrogens (primary N) is 11. The Hall–Kier alpha value is -12.6. The largest absolute Gasteiger partial charge is 0.370 e. The van der Waals surface area contributed by atoms with Gasteiger partial charge < -0.3 is 148 Å². The van der Waals surface area contributed by atoms with Gasteiger partial charge >= 0.3 is 0 Å². The molecule has 141 heavy (non-hydrogen) atoms. The van der Waals surface area contributed by atoms with Gasteiger partial charge in [0.05, 0.1) is 6.04 Å². The van der Waals surface area contributed by atoms with E-state index >= 15 is 33.6 Å². The molecule has 0 bridgehead atoms. The minimum Gasteiger partial charge on any atom is -0.370 e. The normalized spacial score (nSPS) is 14.4. The molecule has 45 heteroatoms. The maximum Gasteiger partial charge on any atom is 0.243 e. The molecule has 3 rings (SSSR count). The summed E-state index contributed by atoms with van der Waals surface area (Å²) in [5.41, 5.74) is 65.7. The van der Waals surface area contributed by atoms with Gasteiger partial charge in [-0.15, -0.1) is 0 Å². The number of rotatable bonds is 74. The van der Waals surface area contributed by atoms with E-state index in [1.54, 1.807) is 133 Å². The summed E-state index contributed by atoms with van der Waals surface area (Å²) in [6.45, 7) is 11.7. The fourth-order valence-corrected chi connectivity index (χ4v) is 15.3. The maximum absolute atomic E-state index is 15.5. The van der Waals surface area contributed by atoms with Crippen molar-refractivity contribution in [1.29, 1.82) is 10.8 Å². The Labute approximate surface area is 828 Å². The van der Waals surface area contributed by atoms with E-state index in [2.05, 4.69) is 85.1 Å². The summed E-state index contributed by atoms with van der Waals surface area (Å²) in [7, 11) is 0. The zero-order valence-electron chi connectivity index (χ0n) is 82.9. The Morgan fingerprint density at radius 3 is 0.695 bits per heavy atom. The number of primary amides is 2. The zero-order valence-corrected chi connectivity index (χ0v) is 82.9. The van der Waals surface area contributed by atoms with Crippen molar-refractivity contribution >= 4 is 106 Å². The standard InChI is InChI=1S/C96H163N29O16/c1-58(2)54-73(90(137)116-65(37-17-23-47-98)81(128)112-64(36-16-22-46-97)83(130)119-72(44-45-77(103)126)89(136)125-79(60(5)6)80(105)127)121-86(133)67(39-19-25-49-100)114-85(132)70(42-28-52-110-95(106)107)118-92(139)75(56-62-32-12-8-13-33-62)124-93(140)76(57-63-34-14-9-15-35-63)123-87(134)68(40-20-26-50-101)113-82(129)66(38-18-24-48-99)117-91(138)74(55-61-30-10-7-11-31-61)122-88(135)71(43-29-53-111-96(108)109)115-84(131)69(41-21-27-51-102)120-94(141)78(104)59(3)4/h7-15,30-35,58-60,64-76,78-79H,16-29,36-57,97-102,104H2,1-6H3,(H2,103,126)(H2,105,127)(H,112,128)(H,113,129)(H,114,132)(H,115,131)(H,116,137)(H,117,138)(H,118,139)(H,119,130)(H,120,141)(H,121,133)(H,122,135)(H,123,134)(H,124,140)(H,125,136)(H4,106,107,110)(H4,108,109,111)/t64-,65-,66-,67-,68-,69-,70-,71-,72-,73-,74-,75-,76-,78-,79-/m0/s1. The van der Waals surface area contributed by atoms with Crippen LogP contribution in [0.1, 0.15) is 219 Å². The van der Waals surface area contributed by atoms with Crippen molar-refractivity contribution in [3.05, 3.63) is 108 Å². The molecule has 0 aliphatic heterocycles. The summed E-state index contributed by atoms with van der Waals surface area (Å²) in [5, 5.41) is 59.6. The molecule has 0 fully saturated rings. The first-order chi connectivity index (χ1) is 67.2. The fraction of sp³-hybridized carbons (Fsp3) is 0.625. The van der Waals surface area contributed by atoms with E-state index in [1.165, 1.54) is 0 Å². The van der Waals surface area contributed by atoms with Crippen LogP contribution in [-0.4, -0.2) is 249 Å². The summed E-state index contributed by atoms with van der Waals surface area (Å²) in [6, 6.07) is 5.07. The number of hydrogen-bond acceptors (Lipinski definition) is 25. The molecule has 0 saturated heterocycles. The number of nitrogens with one attached hydrogen (secondary N) is 18. The quantitative estimate of drug-likeness (QED) is 0.0147. The van der Waals surface area contributed by atoms with Gasteiger partial charge in [-0.3, -0.25) is 87.5 Å². The molecule has 0 heterocycles. The Morgan fingerprint density at radius 2 is 0.475 bits per heavy atom. The molecule has 45 nitrogen and oxygen atoms in total. The lowest BCUT2D eigenvalue weighted by atomic mass is 10.00. The molecule has 3 aromatic carbocycles. The molecule has 0 aliphatic rings. The maximum atomic E-state index is 15.5. The molecule has 0 aliphatic carbocycles. The van der Waals surface area contributed by atoms with Crippen molar-refractivity contribution in [2.24, 2.45) is 80.8 Å². The first-order valence-corrected chi connectivity index (χ1v) is 49.3. The van der Waals surface area contributed by atoms with Gasteiger partial charge in [0.15, 0.2) is 11.9 Å². The van der Waals surface area contributed by atoms with Crippen LogP contribution in [-0.2, 0) is 96.0 Å². The third-order valence-electron chi connectivity index (χ3n) is 23.4. The van der Waals surface area contributed by atoms with Crippen molar-refractivity contribution in [1.82, 2.24) is 85.1 Å². The van der Waals surface area contributed by atoms with Crippen LogP contribution in [0.15, 0.2) is 91.0 Å². The SMILES string of the molecule is CC(C)C[C@H](NC(=O)[C@H](CCCCN)NC(=O)[C@H](CCCNC(=N)N)NC(=O)[C@H](Cc1ccccc1)NC(=O)[C@H](Cc1ccccc1)NC(=O)[C@H](CCCCN)NC(=O)[C@H](CCCCN)NC(=O)[C@H](Cc1ccccc1)NC(=O)[C@H](CCCNC(=N)N)NC(=O)[C@H](CCCCN)NC(=O)[C@@H](N)C(C)C)C(=O)N[C@@H](CCCCN)C(=O)N[C@@H](CCCCN)C(=O)N[C@@H](CCC(N)=O)C(=O)N[C@H](C(N)=O)C(C)C. The molecule has 15 atom stereocenters. The molecule has 0 radical (unpaired) electrons. The second kappa shape index (κ2) is 69.3. The number of carbonyl (C=O) groups excluding carboxylic acids is 16. The van der Waals surface area contributed by atoms with Crippen molar-refractivity contribution in [3.8, 4) is 0 Å². The first-order valence-electron chi connectivity index (χ1n) is 49.3. The van der Waals surface area contributed by atoms with E-state index in [9.17, 15) is 43.2 Å². The Balaban J connectivity index is 2.16. The van der Waals surface area contributed by atoms with Gasteiger partial charge in [0.2, 0.25) is 94.5 Å². The number of unbranched alkanes of at least 4 members (excludes halogenated alkanes) is 6. The highest BCUT2D eigenvalue weighted by molar-refractivity contribution is 6.01. The third-order valence-corrected chi connectivity index (χ3v) is 23.4. The van der Waals surface area contributed by atoms with E-state index in [-0.39, 0.29) is 192 Å². The topological polar surface area (TPSA) is 800 Å². The van der Waals surface area contributed by atoms with Gasteiger partial charge in [-0.05, 0) is 228 Å². The minimum atomic E-state index is -1.55. The van der Waals surface area contributed by atoms with Crippen LogP contribution in [0, 0.1) is 28.6 Å². The lowest BCUT2D eigenvalue weighted by Gasteiger charge is -2.29. The van der Waals surface area contributed by atoms with Crippen LogP contribution < -0.4 is 148 Å². The molecule has 788 valence electrons. The smallest absolute Gasteiger partial charge is 0.243 e. The Morgan fingerprint density at radius 1 is 0.262 bits per heavy atom. The highest BCUT2D eigenvalue weighted by Gasteiger charge is 2.40. The van der Waals surface area contributed by atoms with Crippen molar-refractivity contribution in [2.45, 2.75) is 312 Å². The van der Waals surface area contributed by atoms with Crippen molar-refractivity contribution < 1.29 is 76.7 Å². The third kappa shape index (κ3) is 49.9. The van der Waals surface area contributed by atoms with E-state index in [0.29, 0.717) is 74.6 Å². The second-order valence-corrected chi connectivity index (χ2v) is 36.6. The predicted octanol–water partition coefficient (Wildman–Crippen LogP) is -3.76. The summed E-state index contributed by atoms with van der Waals surface area (Å²) < 4.78 is 0. The summed E-state index contributed by atoms with van der Waals surface area (Å²) >= 11 is 0. The summed E-state index contributed by atoms with van der Waals surface area (Å²) in [5.74, 6) is -15.2. The molecule has 40 N–H and O–H groups in total. The van der Waals surface area contributed by atoms with Gasteiger partial charge in [-0.2, -0.15) is 0 Å². The fourth-order valence-electron chi connectivity index (χ4n) is 15.3. The molecule has 0 saturated carbocycles. The van der Waals surface area contributed by atoms with Crippen molar-refractivity contribution in [3.63, 3.8) is 0 Å². The van der Waals surface area contributed by atoms with E-state index in [0.717, 1.165) is 0 Å².